The van der Waals surface area contributed by atoms with Gasteiger partial charge in [0, 0.05) is 18.7 Å². The van der Waals surface area contributed by atoms with Gasteiger partial charge in [-0.05, 0) is 18.2 Å². The van der Waals surface area contributed by atoms with E-state index in [0.717, 1.165) is 0 Å². The van der Waals surface area contributed by atoms with Crippen LogP contribution in [0.2, 0.25) is 0 Å². The van der Waals surface area contributed by atoms with Gasteiger partial charge in [0.05, 0.1) is 5.39 Å². The lowest BCUT2D eigenvalue weighted by atomic mass is 10.1. The van der Waals surface area contributed by atoms with Crippen LogP contribution in [-0.4, -0.2) is 21.8 Å². The molecule has 21 heavy (non-hydrogen) atoms. The van der Waals surface area contributed by atoms with Gasteiger partial charge in [0.15, 0.2) is 5.82 Å². The minimum atomic E-state index is -0.420. The van der Waals surface area contributed by atoms with E-state index in [-0.39, 0.29) is 18.7 Å². The third kappa shape index (κ3) is 2.55. The van der Waals surface area contributed by atoms with Crippen molar-refractivity contribution in [3.8, 4) is 0 Å². The molecule has 0 fully saturated rings. The summed E-state index contributed by atoms with van der Waals surface area (Å²) < 4.78 is 24.9. The lowest BCUT2D eigenvalue weighted by molar-refractivity contribution is 0.174. The van der Waals surface area contributed by atoms with Gasteiger partial charge in [0.2, 0.25) is 5.89 Å². The number of halogens is 1. The molecule has 108 valence electrons. The molecule has 0 spiro atoms. The number of pyridine rings is 1. The third-order valence-corrected chi connectivity index (χ3v) is 3.05. The summed E-state index contributed by atoms with van der Waals surface area (Å²) in [5.41, 5.74) is -0.307. The molecule has 6 nitrogen and oxygen atoms in total. The van der Waals surface area contributed by atoms with Crippen LogP contribution in [0.3, 0.4) is 0 Å². The predicted octanol–water partition coefficient (Wildman–Crippen LogP) is 1.72. The Morgan fingerprint density at radius 2 is 2.19 bits per heavy atom. The van der Waals surface area contributed by atoms with Gasteiger partial charge in [-0.1, -0.05) is 11.2 Å². The molecule has 0 aliphatic heterocycles. The molecule has 0 aliphatic rings. The summed E-state index contributed by atoms with van der Waals surface area (Å²) in [6.07, 6.45) is 1.51. The number of ether oxygens (including phenoxy) is 1. The van der Waals surface area contributed by atoms with Crippen LogP contribution >= 0.6 is 0 Å². The fraction of sp³-hybridized carbons (Fsp3) is 0.214. The third-order valence-electron chi connectivity index (χ3n) is 3.05. The molecule has 7 heteroatoms. The van der Waals surface area contributed by atoms with Crippen molar-refractivity contribution in [1.29, 1.82) is 0 Å². The van der Waals surface area contributed by atoms with E-state index in [2.05, 4.69) is 10.1 Å². The Bertz CT molecular complexity index is 841. The first-order chi connectivity index (χ1) is 10.2. The zero-order valence-electron chi connectivity index (χ0n) is 11.2. The summed E-state index contributed by atoms with van der Waals surface area (Å²) in [4.78, 5) is 16.4. The largest absolute Gasteiger partial charge is 0.377 e. The highest BCUT2D eigenvalue weighted by atomic mass is 19.1. The first-order valence-electron chi connectivity index (χ1n) is 6.27. The molecule has 0 saturated heterocycles. The van der Waals surface area contributed by atoms with Gasteiger partial charge < -0.3 is 13.8 Å². The van der Waals surface area contributed by atoms with Crippen molar-refractivity contribution in [2.75, 3.05) is 7.11 Å². The van der Waals surface area contributed by atoms with E-state index in [1.54, 1.807) is 12.1 Å². The molecule has 0 amide bonds. The molecule has 0 N–H and O–H groups in total. The molecule has 3 rings (SSSR count). The average molecular weight is 289 g/mol. The highest BCUT2D eigenvalue weighted by Crippen LogP contribution is 2.13. The summed E-state index contributed by atoms with van der Waals surface area (Å²) in [5, 5.41) is 4.33. The van der Waals surface area contributed by atoms with Gasteiger partial charge in [-0.2, -0.15) is 4.98 Å². The lowest BCUT2D eigenvalue weighted by Gasteiger charge is -2.04. The van der Waals surface area contributed by atoms with Crippen molar-refractivity contribution >= 4 is 10.8 Å². The number of methoxy groups -OCH3 is 1. The van der Waals surface area contributed by atoms with Crippen LogP contribution < -0.4 is 5.56 Å². The van der Waals surface area contributed by atoms with Crippen molar-refractivity contribution in [1.82, 2.24) is 14.7 Å². The number of aromatic nitrogens is 3. The van der Waals surface area contributed by atoms with Gasteiger partial charge in [-0.25, -0.2) is 4.39 Å². The Hall–Kier alpha value is -2.54. The van der Waals surface area contributed by atoms with E-state index in [1.165, 1.54) is 30.0 Å². The van der Waals surface area contributed by atoms with E-state index in [1.807, 2.05) is 0 Å². The van der Waals surface area contributed by atoms with Crippen LogP contribution in [0.1, 0.15) is 11.7 Å². The monoisotopic (exact) mass is 289 g/mol. The van der Waals surface area contributed by atoms with Crippen molar-refractivity contribution in [2.24, 2.45) is 0 Å². The van der Waals surface area contributed by atoms with Gasteiger partial charge in [0.1, 0.15) is 19.0 Å². The Labute approximate surface area is 118 Å². The van der Waals surface area contributed by atoms with E-state index in [4.69, 9.17) is 9.26 Å². The quantitative estimate of drug-likeness (QED) is 0.731. The minimum Gasteiger partial charge on any atom is -0.377 e. The summed E-state index contributed by atoms with van der Waals surface area (Å²) in [5.74, 6) is 0.282. The van der Waals surface area contributed by atoms with Crippen molar-refractivity contribution in [2.45, 2.75) is 13.2 Å². The number of rotatable bonds is 4. The van der Waals surface area contributed by atoms with E-state index in [0.29, 0.717) is 22.5 Å². The molecular weight excluding hydrogens is 277 g/mol. The highest BCUT2D eigenvalue weighted by Gasteiger charge is 2.10. The number of fused-ring (bicyclic) bond motifs is 1. The molecule has 0 aliphatic carbocycles. The topological polar surface area (TPSA) is 70.2 Å². The van der Waals surface area contributed by atoms with Crippen LogP contribution in [0.15, 0.2) is 39.8 Å². The highest BCUT2D eigenvalue weighted by molar-refractivity contribution is 5.81. The van der Waals surface area contributed by atoms with E-state index < -0.39 is 5.82 Å². The second-order valence-electron chi connectivity index (χ2n) is 4.49. The average Bonchev–Trinajstić information content (AvgIpc) is 2.90. The first kappa shape index (κ1) is 13.4. The number of nitrogens with zero attached hydrogens (tertiary/aromatic N) is 3. The Balaban J connectivity index is 1.97. The van der Waals surface area contributed by atoms with Crippen LogP contribution in [-0.2, 0) is 17.9 Å². The van der Waals surface area contributed by atoms with Crippen LogP contribution in [0.25, 0.3) is 10.8 Å². The molecule has 3 aromatic rings. The summed E-state index contributed by atoms with van der Waals surface area (Å²) in [7, 11) is 1.53. The molecule has 0 radical (unpaired) electrons. The molecule has 0 unspecified atom stereocenters. The van der Waals surface area contributed by atoms with Crippen molar-refractivity contribution in [3.05, 3.63) is 58.3 Å². The summed E-state index contributed by atoms with van der Waals surface area (Å²) in [6.45, 7) is 0.364. The second kappa shape index (κ2) is 5.45. The number of benzene rings is 1. The molecule has 0 saturated carbocycles. The van der Waals surface area contributed by atoms with E-state index in [9.17, 15) is 9.18 Å². The number of hydrogen-bond acceptors (Lipinski definition) is 5. The van der Waals surface area contributed by atoms with Crippen molar-refractivity contribution < 1.29 is 13.7 Å². The zero-order valence-corrected chi connectivity index (χ0v) is 11.2. The van der Waals surface area contributed by atoms with Gasteiger partial charge in [0.25, 0.3) is 5.56 Å². The normalized spacial score (nSPS) is 11.1. The minimum absolute atomic E-state index is 0.127. The molecule has 0 bridgehead atoms. The van der Waals surface area contributed by atoms with Gasteiger partial charge >= 0.3 is 0 Å². The molecule has 1 aromatic carbocycles. The number of hydrogen-bond donors (Lipinski definition) is 0. The van der Waals surface area contributed by atoms with Crippen molar-refractivity contribution in [3.63, 3.8) is 0 Å². The van der Waals surface area contributed by atoms with Gasteiger partial charge in [-0.3, -0.25) is 4.79 Å². The standard InChI is InChI=1S/C14H12FN3O3/c1-20-8-12-16-13(21-17-12)7-18-6-5-9-10(14(18)19)3-2-4-11(9)15/h2-6H,7-8H2,1H3. The molecule has 2 heterocycles. The zero-order chi connectivity index (χ0) is 14.8. The molecular formula is C14H12FN3O3. The fourth-order valence-electron chi connectivity index (χ4n) is 2.09. The summed E-state index contributed by atoms with van der Waals surface area (Å²) in [6, 6.07) is 5.97. The maximum atomic E-state index is 13.6. The van der Waals surface area contributed by atoms with Crippen LogP contribution in [0.5, 0.6) is 0 Å². The lowest BCUT2D eigenvalue weighted by Crippen LogP contribution is -2.20. The first-order valence-corrected chi connectivity index (χ1v) is 6.27. The predicted molar refractivity (Wildman–Crippen MR) is 72.3 cm³/mol. The summed E-state index contributed by atoms with van der Waals surface area (Å²) >= 11 is 0. The molecule has 0 atom stereocenters. The van der Waals surface area contributed by atoms with Crippen LogP contribution in [0, 0.1) is 5.82 Å². The second-order valence-corrected chi connectivity index (χ2v) is 4.49. The maximum absolute atomic E-state index is 13.6. The van der Waals surface area contributed by atoms with Crippen LogP contribution in [0.4, 0.5) is 4.39 Å². The molecule has 2 aromatic heterocycles. The van der Waals surface area contributed by atoms with E-state index >= 15 is 0 Å². The maximum Gasteiger partial charge on any atom is 0.258 e. The Morgan fingerprint density at radius 3 is 3.00 bits per heavy atom. The SMILES string of the molecule is COCc1noc(Cn2ccc3c(F)cccc3c2=O)n1. The smallest absolute Gasteiger partial charge is 0.258 e. The fourth-order valence-corrected chi connectivity index (χ4v) is 2.09. The Kier molecular flexibility index (Phi) is 3.49. The Morgan fingerprint density at radius 1 is 1.33 bits per heavy atom. The van der Waals surface area contributed by atoms with Gasteiger partial charge in [-0.15, -0.1) is 0 Å².